The van der Waals surface area contributed by atoms with Gasteiger partial charge in [0.05, 0.1) is 5.37 Å². The van der Waals surface area contributed by atoms with Crippen molar-refractivity contribution in [2.24, 2.45) is 0 Å². The summed E-state index contributed by atoms with van der Waals surface area (Å²) < 4.78 is 4.71. The first kappa shape index (κ1) is 16.1. The number of aliphatic carboxylic acids is 1. The number of carboxylic acids is 1. The second kappa shape index (κ2) is 5.58. The molecule has 1 heterocycles. The number of thioether (sulfide) groups is 1. The first-order chi connectivity index (χ1) is 8.51. The number of nitrogens with one attached hydrogen (secondary N) is 2. The largest absolute Gasteiger partial charge is 0.480 e. The minimum atomic E-state index is -0.878. The average Bonchev–Trinajstić information content (AvgIpc) is 2.48. The average molecular weight is 290 g/mol. The van der Waals surface area contributed by atoms with E-state index in [4.69, 9.17) is 9.84 Å². The van der Waals surface area contributed by atoms with Crippen molar-refractivity contribution in [3.05, 3.63) is 0 Å². The van der Waals surface area contributed by atoms with Gasteiger partial charge in [-0.25, -0.2) is 4.79 Å². The molecule has 2 atom stereocenters. The van der Waals surface area contributed by atoms with Crippen LogP contribution in [0, 0.1) is 0 Å². The van der Waals surface area contributed by atoms with Gasteiger partial charge in [-0.15, -0.1) is 11.8 Å². The second-order valence-corrected chi connectivity index (χ2v) is 7.89. The van der Waals surface area contributed by atoms with Gasteiger partial charge in [-0.3, -0.25) is 10.1 Å². The van der Waals surface area contributed by atoms with Crippen LogP contribution in [-0.4, -0.2) is 45.5 Å². The number of carboxylic acid groups (broad SMARTS) is 1. The third-order valence-corrected chi connectivity index (χ3v) is 4.00. The molecule has 1 fully saturated rings. The highest BCUT2D eigenvalue weighted by Crippen LogP contribution is 2.37. The molecule has 3 N–H and O–H groups in total. The van der Waals surface area contributed by atoms with Gasteiger partial charge in [0.25, 0.3) is 0 Å². The fraction of sp³-hybridized carbons (Fsp3) is 0.833. The number of rotatable bonds is 3. The molecule has 0 bridgehead atoms. The van der Waals surface area contributed by atoms with E-state index in [-0.39, 0.29) is 5.37 Å². The van der Waals surface area contributed by atoms with Gasteiger partial charge in [0.2, 0.25) is 0 Å². The molecule has 0 aromatic rings. The van der Waals surface area contributed by atoms with Crippen LogP contribution in [0.25, 0.3) is 0 Å². The Balaban J connectivity index is 2.44. The Morgan fingerprint density at radius 3 is 2.42 bits per heavy atom. The SMILES string of the molecule is CC(C)(C)OC(=O)NCC1N[C@@H](C(=O)O)C(C)(C)S1. The lowest BCUT2D eigenvalue weighted by Crippen LogP contribution is -2.46. The summed E-state index contributed by atoms with van der Waals surface area (Å²) in [4.78, 5) is 22.6. The first-order valence-corrected chi connectivity index (χ1v) is 7.03. The molecule has 19 heavy (non-hydrogen) atoms. The molecule has 7 heteroatoms. The van der Waals surface area contributed by atoms with Crippen molar-refractivity contribution < 1.29 is 19.4 Å². The van der Waals surface area contributed by atoms with Crippen molar-refractivity contribution in [2.75, 3.05) is 6.54 Å². The predicted molar refractivity (Wildman–Crippen MR) is 74.3 cm³/mol. The highest BCUT2D eigenvalue weighted by molar-refractivity contribution is 8.01. The van der Waals surface area contributed by atoms with Crippen molar-refractivity contribution in [1.29, 1.82) is 0 Å². The van der Waals surface area contributed by atoms with Crippen LogP contribution in [0.1, 0.15) is 34.6 Å². The van der Waals surface area contributed by atoms with E-state index in [0.717, 1.165) is 0 Å². The van der Waals surface area contributed by atoms with Crippen LogP contribution in [-0.2, 0) is 9.53 Å². The highest BCUT2D eigenvalue weighted by Gasteiger charge is 2.45. The molecule has 1 aliphatic heterocycles. The molecule has 1 unspecified atom stereocenters. The van der Waals surface area contributed by atoms with E-state index in [0.29, 0.717) is 6.54 Å². The van der Waals surface area contributed by atoms with Crippen LogP contribution in [0.15, 0.2) is 0 Å². The van der Waals surface area contributed by atoms with Gasteiger partial charge in [0.15, 0.2) is 0 Å². The van der Waals surface area contributed by atoms with E-state index in [2.05, 4.69) is 10.6 Å². The van der Waals surface area contributed by atoms with Crippen molar-refractivity contribution >= 4 is 23.8 Å². The van der Waals surface area contributed by atoms with Gasteiger partial charge in [-0.1, -0.05) is 0 Å². The van der Waals surface area contributed by atoms with Gasteiger partial charge in [-0.2, -0.15) is 0 Å². The molecule has 1 aliphatic rings. The van der Waals surface area contributed by atoms with Crippen molar-refractivity contribution in [3.8, 4) is 0 Å². The molecule has 1 saturated heterocycles. The lowest BCUT2D eigenvalue weighted by molar-refractivity contribution is -0.139. The standard InChI is InChI=1S/C12H22N2O4S/c1-11(2,3)18-10(17)13-6-7-14-8(9(15)16)12(4,5)19-7/h7-8,14H,6H2,1-5H3,(H,13,17)(H,15,16)/t7?,8-/m0/s1. The number of amides is 1. The Bertz CT molecular complexity index is 365. The molecule has 110 valence electrons. The van der Waals surface area contributed by atoms with Crippen LogP contribution in [0.3, 0.4) is 0 Å². The molecule has 0 aliphatic carbocycles. The molecular weight excluding hydrogens is 268 g/mol. The lowest BCUT2D eigenvalue weighted by Gasteiger charge is -2.21. The molecule has 6 nitrogen and oxygen atoms in total. The summed E-state index contributed by atoms with van der Waals surface area (Å²) in [5, 5.41) is 14.6. The molecule has 0 aromatic carbocycles. The number of ether oxygens (including phenoxy) is 1. The Hall–Kier alpha value is -0.950. The minimum Gasteiger partial charge on any atom is -0.480 e. The number of carbonyl (C=O) groups excluding carboxylic acids is 1. The van der Waals surface area contributed by atoms with Crippen LogP contribution >= 0.6 is 11.8 Å². The third-order valence-electron chi connectivity index (χ3n) is 2.57. The monoisotopic (exact) mass is 290 g/mol. The predicted octanol–water partition coefficient (Wildman–Crippen LogP) is 1.41. The summed E-state index contributed by atoms with van der Waals surface area (Å²) in [6.07, 6.45) is -0.494. The summed E-state index contributed by atoms with van der Waals surface area (Å²) in [6.45, 7) is 9.44. The van der Waals surface area contributed by atoms with Crippen molar-refractivity contribution in [2.45, 2.75) is 56.4 Å². The maximum absolute atomic E-state index is 11.5. The van der Waals surface area contributed by atoms with E-state index in [1.807, 2.05) is 13.8 Å². The Labute approximate surface area is 117 Å². The van der Waals surface area contributed by atoms with E-state index < -0.39 is 28.5 Å². The summed E-state index contributed by atoms with van der Waals surface area (Å²) in [6, 6.07) is -0.622. The summed E-state index contributed by atoms with van der Waals surface area (Å²) >= 11 is 1.50. The van der Waals surface area contributed by atoms with Crippen molar-refractivity contribution in [3.63, 3.8) is 0 Å². The zero-order chi connectivity index (χ0) is 14.8. The van der Waals surface area contributed by atoms with Crippen LogP contribution in [0.4, 0.5) is 4.79 Å². The second-order valence-electron chi connectivity index (χ2n) is 6.03. The molecule has 0 aromatic heterocycles. The van der Waals surface area contributed by atoms with Gasteiger partial charge in [0.1, 0.15) is 11.6 Å². The van der Waals surface area contributed by atoms with Crippen LogP contribution in [0.2, 0.25) is 0 Å². The Morgan fingerprint density at radius 1 is 1.42 bits per heavy atom. The van der Waals surface area contributed by atoms with Crippen LogP contribution in [0.5, 0.6) is 0 Å². The summed E-state index contributed by atoms with van der Waals surface area (Å²) in [5.74, 6) is -0.878. The molecule has 0 saturated carbocycles. The number of carbonyl (C=O) groups is 2. The zero-order valence-corrected chi connectivity index (χ0v) is 12.8. The Morgan fingerprint density at radius 2 is 2.00 bits per heavy atom. The first-order valence-electron chi connectivity index (χ1n) is 6.15. The molecule has 1 rings (SSSR count). The van der Waals surface area contributed by atoms with Gasteiger partial charge in [-0.05, 0) is 34.6 Å². The number of hydrogen-bond acceptors (Lipinski definition) is 5. The lowest BCUT2D eigenvalue weighted by atomic mass is 10.0. The molecule has 0 radical (unpaired) electrons. The fourth-order valence-electron chi connectivity index (χ4n) is 1.81. The molecule has 1 amide bonds. The smallest absolute Gasteiger partial charge is 0.407 e. The minimum absolute atomic E-state index is 0.136. The van der Waals surface area contributed by atoms with E-state index >= 15 is 0 Å². The fourth-order valence-corrected chi connectivity index (χ4v) is 3.22. The van der Waals surface area contributed by atoms with Crippen molar-refractivity contribution in [1.82, 2.24) is 10.6 Å². The maximum atomic E-state index is 11.5. The summed E-state index contributed by atoms with van der Waals surface area (Å²) in [7, 11) is 0. The van der Waals surface area contributed by atoms with Gasteiger partial charge >= 0.3 is 12.1 Å². The summed E-state index contributed by atoms with van der Waals surface area (Å²) in [5.41, 5.74) is -0.538. The number of hydrogen-bond donors (Lipinski definition) is 3. The van der Waals surface area contributed by atoms with E-state index in [1.165, 1.54) is 11.8 Å². The highest BCUT2D eigenvalue weighted by atomic mass is 32.2. The molecular formula is C12H22N2O4S. The third kappa shape index (κ3) is 4.91. The normalized spacial score (nSPS) is 25.9. The molecule has 0 spiro atoms. The quantitative estimate of drug-likeness (QED) is 0.728. The van der Waals surface area contributed by atoms with Gasteiger partial charge in [0, 0.05) is 11.3 Å². The Kier molecular flexibility index (Phi) is 4.73. The van der Waals surface area contributed by atoms with E-state index in [1.54, 1.807) is 20.8 Å². The maximum Gasteiger partial charge on any atom is 0.407 e. The number of alkyl carbamates (subject to hydrolysis) is 1. The topological polar surface area (TPSA) is 87.7 Å². The van der Waals surface area contributed by atoms with E-state index in [9.17, 15) is 9.59 Å². The van der Waals surface area contributed by atoms with Crippen LogP contribution < -0.4 is 10.6 Å². The zero-order valence-electron chi connectivity index (χ0n) is 11.9. The van der Waals surface area contributed by atoms with Gasteiger partial charge < -0.3 is 15.2 Å².